The third-order valence-corrected chi connectivity index (χ3v) is 11.7. The summed E-state index contributed by atoms with van der Waals surface area (Å²) in [6.45, 7) is 10.7. The van der Waals surface area contributed by atoms with Gasteiger partial charge in [-0.05, 0) is 114 Å². The van der Waals surface area contributed by atoms with Crippen molar-refractivity contribution in [3.63, 3.8) is 0 Å². The second-order valence-electron chi connectivity index (χ2n) is 16.6. The van der Waals surface area contributed by atoms with Crippen molar-refractivity contribution in [2.45, 2.75) is 101 Å². The van der Waals surface area contributed by atoms with Gasteiger partial charge in [-0.3, -0.25) is 4.79 Å². The molecule has 1 fully saturated rings. The molecule has 0 aliphatic heterocycles. The molecule has 3 aromatic carbocycles. The number of aromatic nitrogens is 1. The fraction of sp³-hybridized carbons (Fsp3) is 0.429. The number of carbonyl (C=O) groups is 3. The van der Waals surface area contributed by atoms with E-state index < -0.39 is 68.0 Å². The second kappa shape index (κ2) is 17.0. The van der Waals surface area contributed by atoms with E-state index in [0.29, 0.717) is 23.3 Å². The number of fused-ring (bicyclic) bond motifs is 1. The van der Waals surface area contributed by atoms with Gasteiger partial charge in [-0.2, -0.15) is 4.90 Å². The summed E-state index contributed by atoms with van der Waals surface area (Å²) in [6.07, 6.45) is 0.0447. The van der Waals surface area contributed by atoms with Crippen LogP contribution in [0.25, 0.3) is 10.8 Å². The van der Waals surface area contributed by atoms with E-state index in [9.17, 15) is 27.9 Å². The van der Waals surface area contributed by atoms with Gasteiger partial charge in [-0.1, -0.05) is 6.92 Å². The number of ether oxygens (including phenoxy) is 3. The summed E-state index contributed by atoms with van der Waals surface area (Å²) in [5, 5.41) is 12.4. The first-order chi connectivity index (χ1) is 27.4. The van der Waals surface area contributed by atoms with Crippen LogP contribution in [0.2, 0.25) is 0 Å². The number of nitrogens with one attached hydrogen (secondary N) is 1. The number of nitrogen functional groups attached to an aromatic ring is 1. The summed E-state index contributed by atoms with van der Waals surface area (Å²) in [4.78, 5) is 47.5. The fourth-order valence-corrected chi connectivity index (χ4v) is 8.20. The highest BCUT2D eigenvalue weighted by atomic mass is 32.2. The molecule has 4 N–H and O–H groups in total. The Morgan fingerprint density at radius 1 is 0.949 bits per heavy atom. The number of amides is 3. The number of imide groups is 1. The van der Waals surface area contributed by atoms with Crippen molar-refractivity contribution in [1.82, 2.24) is 9.88 Å². The molecule has 5 rings (SSSR count). The maximum atomic E-state index is 16.5. The molecule has 0 spiro atoms. The molecule has 0 bridgehead atoms. The third kappa shape index (κ3) is 10.2. The molecule has 4 aromatic rings. The van der Waals surface area contributed by atoms with Crippen LogP contribution in [0.1, 0.15) is 90.0 Å². The number of hydrogen-bond acceptors (Lipinski definition) is 12. The lowest BCUT2D eigenvalue weighted by Gasteiger charge is -2.29. The molecule has 14 nitrogen and oxygen atoms in total. The normalized spacial score (nSPS) is 14.3. The van der Waals surface area contributed by atoms with Gasteiger partial charge >= 0.3 is 12.2 Å². The topological polar surface area (TPSA) is 191 Å². The molecule has 1 aromatic heterocycles. The number of anilines is 3. The largest absolute Gasteiger partial charge is 0.496 e. The first-order valence-corrected chi connectivity index (χ1v) is 20.5. The molecule has 1 heterocycles. The molecular weight excluding hydrogens is 789 g/mol. The highest BCUT2D eigenvalue weighted by molar-refractivity contribution is 7.92. The molecule has 3 amide bonds. The van der Waals surface area contributed by atoms with Gasteiger partial charge in [0.05, 0.1) is 22.9 Å². The molecule has 1 saturated carbocycles. The van der Waals surface area contributed by atoms with Gasteiger partial charge in [-0.25, -0.2) is 31.8 Å². The number of pyridine rings is 1. The number of benzene rings is 3. The monoisotopic (exact) mass is 839 g/mol. The van der Waals surface area contributed by atoms with E-state index in [0.717, 1.165) is 12.1 Å². The van der Waals surface area contributed by atoms with E-state index in [4.69, 9.17) is 19.9 Å². The molecule has 0 radical (unpaired) electrons. The first kappa shape index (κ1) is 44.6. The van der Waals surface area contributed by atoms with E-state index in [1.54, 1.807) is 48.5 Å². The van der Waals surface area contributed by atoms with Crippen LogP contribution >= 0.6 is 0 Å². The Balaban J connectivity index is 1.62. The number of nitrogens with zero attached hydrogens (tertiary/aromatic N) is 3. The van der Waals surface area contributed by atoms with Crippen LogP contribution < -0.4 is 20.7 Å². The maximum Gasteiger partial charge on any atom is 0.425 e. The number of likely N-dealkylation sites (N-methyl/N-ethyl adjacent to an activating group) is 1. The number of halogens is 2. The molecule has 1 aliphatic carbocycles. The average Bonchev–Trinajstić information content (AvgIpc) is 3.99. The predicted octanol–water partition coefficient (Wildman–Crippen LogP) is 7.62. The lowest BCUT2D eigenvalue weighted by molar-refractivity contribution is -0.131. The number of hydrogen-bond donors (Lipinski definition) is 3. The van der Waals surface area contributed by atoms with Crippen molar-refractivity contribution in [2.75, 3.05) is 36.7 Å². The molecule has 59 heavy (non-hydrogen) atoms. The molecule has 1 unspecified atom stereocenters. The highest BCUT2D eigenvalue weighted by Crippen LogP contribution is 2.38. The van der Waals surface area contributed by atoms with Crippen molar-refractivity contribution >= 4 is 55.9 Å². The Morgan fingerprint density at radius 2 is 1.58 bits per heavy atom. The zero-order valence-corrected chi connectivity index (χ0v) is 35.4. The zero-order valence-electron chi connectivity index (χ0n) is 34.6. The van der Waals surface area contributed by atoms with E-state index in [1.807, 2.05) is 0 Å². The summed E-state index contributed by atoms with van der Waals surface area (Å²) in [6, 6.07) is 8.87. The van der Waals surface area contributed by atoms with Gasteiger partial charge in [0.2, 0.25) is 5.91 Å². The number of aliphatic hydroxyl groups is 1. The Bertz CT molecular complexity index is 2350. The first-order valence-electron chi connectivity index (χ1n) is 18.9. The molecule has 17 heteroatoms. The van der Waals surface area contributed by atoms with Crippen LogP contribution in [-0.2, 0) is 30.7 Å². The van der Waals surface area contributed by atoms with Crippen LogP contribution in [0.5, 0.6) is 5.75 Å². The Morgan fingerprint density at radius 3 is 2.14 bits per heavy atom. The van der Waals surface area contributed by atoms with Crippen LogP contribution in [-0.4, -0.2) is 78.7 Å². The van der Waals surface area contributed by atoms with Crippen molar-refractivity contribution in [2.24, 2.45) is 0 Å². The highest BCUT2D eigenvalue weighted by Gasteiger charge is 2.39. The van der Waals surface area contributed by atoms with E-state index in [2.05, 4.69) is 10.3 Å². The van der Waals surface area contributed by atoms with E-state index in [1.165, 1.54) is 61.7 Å². The Hall–Kier alpha value is -5.55. The standard InChI is InChI=1S/C42H51F2N5O9S/c1-23(22-50)28-18-31(43)30(20-34(28)56-9)36(38(51)48(8)21-25-16-26(45)10-13-35(25)59(54,55)27-11-12-27)47-33-17-24-14-15-46-37(29(24)19-32(33)44)49(39(52)57-41(2,3)4)40(53)58-42(5,6)7/h10,13-20,23,27,36,47,50H,11-12,21-22,45H2,1-9H3/t23-,36?/m0/s1. The lowest BCUT2D eigenvalue weighted by atomic mass is 9.95. The second-order valence-corrected chi connectivity index (χ2v) is 18.8. The van der Waals surface area contributed by atoms with Gasteiger partial charge in [-0.15, -0.1) is 0 Å². The predicted molar refractivity (Wildman–Crippen MR) is 219 cm³/mol. The lowest BCUT2D eigenvalue weighted by Crippen LogP contribution is -2.44. The molecule has 0 saturated heterocycles. The smallest absolute Gasteiger partial charge is 0.425 e. The van der Waals surface area contributed by atoms with Gasteiger partial charge in [0, 0.05) is 54.5 Å². The maximum absolute atomic E-state index is 16.5. The Labute approximate surface area is 342 Å². The summed E-state index contributed by atoms with van der Waals surface area (Å²) < 4.78 is 76.0. The van der Waals surface area contributed by atoms with Gasteiger partial charge < -0.3 is 35.3 Å². The minimum absolute atomic E-state index is 0.00600. The van der Waals surface area contributed by atoms with Crippen LogP contribution in [0.4, 0.5) is 35.6 Å². The van der Waals surface area contributed by atoms with Crippen LogP contribution in [0, 0.1) is 11.6 Å². The summed E-state index contributed by atoms with van der Waals surface area (Å²) in [5.74, 6) is -3.34. The van der Waals surface area contributed by atoms with Crippen molar-refractivity contribution in [3.8, 4) is 5.75 Å². The Kier molecular flexibility index (Phi) is 12.8. The number of sulfone groups is 1. The van der Waals surface area contributed by atoms with E-state index >= 15 is 8.78 Å². The minimum atomic E-state index is -3.72. The number of carbonyl (C=O) groups excluding carboxylic acids is 3. The zero-order chi connectivity index (χ0) is 43.8. The third-order valence-electron chi connectivity index (χ3n) is 9.34. The van der Waals surface area contributed by atoms with Gasteiger partial charge in [0.15, 0.2) is 15.7 Å². The summed E-state index contributed by atoms with van der Waals surface area (Å²) in [7, 11) is -0.991. The molecular formula is C42H51F2N5O9S. The SMILES string of the molecule is COc1cc(C(Nc2cc3ccnc(N(C(=O)OC(C)(C)C)C(=O)OC(C)(C)C)c3cc2F)C(=O)N(C)Cc2cc(N)ccc2S(=O)(=O)C2CC2)c(F)cc1[C@@H](C)CO. The average molecular weight is 840 g/mol. The van der Waals surface area contributed by atoms with Crippen LogP contribution in [0.3, 0.4) is 0 Å². The minimum Gasteiger partial charge on any atom is -0.496 e. The number of nitrogens with two attached hydrogens (primary N) is 1. The number of aliphatic hydroxyl groups excluding tert-OH is 1. The number of rotatable bonds is 12. The van der Waals surface area contributed by atoms with Gasteiger partial charge in [0.25, 0.3) is 0 Å². The van der Waals surface area contributed by atoms with Crippen molar-refractivity contribution in [1.29, 1.82) is 0 Å². The van der Waals surface area contributed by atoms with Gasteiger partial charge in [0.1, 0.15) is 34.6 Å². The fourth-order valence-electron chi connectivity index (χ4n) is 6.34. The number of methoxy groups -OCH3 is 1. The molecule has 318 valence electrons. The quantitative estimate of drug-likeness (QED) is 0.119. The van der Waals surface area contributed by atoms with Crippen molar-refractivity contribution < 1.29 is 50.9 Å². The summed E-state index contributed by atoms with van der Waals surface area (Å²) in [5.41, 5.74) is 4.28. The van der Waals surface area contributed by atoms with Crippen LogP contribution in [0.15, 0.2) is 59.6 Å². The van der Waals surface area contributed by atoms with Crippen molar-refractivity contribution in [3.05, 3.63) is 83.1 Å². The molecule has 2 atom stereocenters. The summed E-state index contributed by atoms with van der Waals surface area (Å²) >= 11 is 0. The molecule has 1 aliphatic rings. The van der Waals surface area contributed by atoms with E-state index in [-0.39, 0.29) is 62.9 Å².